The van der Waals surface area contributed by atoms with Gasteiger partial charge in [-0.15, -0.1) is 0 Å². The maximum Gasteiger partial charge on any atom is 0.0831 e. The van der Waals surface area contributed by atoms with Crippen LogP contribution in [-0.2, 0) is 11.2 Å². The van der Waals surface area contributed by atoms with Gasteiger partial charge in [-0.1, -0.05) is 37.3 Å². The molecule has 1 atom stereocenters. The van der Waals surface area contributed by atoms with Gasteiger partial charge in [-0.3, -0.25) is 0 Å². The molecule has 2 nitrogen and oxygen atoms in total. The molecule has 1 saturated carbocycles. The van der Waals surface area contributed by atoms with Crippen LogP contribution >= 0.6 is 0 Å². The third kappa shape index (κ3) is 4.31. The Balaban J connectivity index is 1.89. The van der Waals surface area contributed by atoms with Crippen LogP contribution in [0.15, 0.2) is 30.3 Å². The molecular weight excluding hydrogens is 258 g/mol. The zero-order valence-electron chi connectivity index (χ0n) is 13.9. The van der Waals surface area contributed by atoms with E-state index in [9.17, 15) is 0 Å². The standard InChI is InChI=1S/C19H31NO/c1-16-12-14-19(21-3,15-13-16)18(20-2)11-7-10-17-8-5-4-6-9-17/h4-6,8-9,16,18,20H,7,10-15H2,1-3H3. The Morgan fingerprint density at radius 1 is 1.24 bits per heavy atom. The molecule has 0 amide bonds. The third-order valence-corrected chi connectivity index (χ3v) is 5.31. The van der Waals surface area contributed by atoms with Crippen molar-refractivity contribution in [1.29, 1.82) is 0 Å². The lowest BCUT2D eigenvalue weighted by Crippen LogP contribution is -2.52. The molecule has 0 aliphatic heterocycles. The zero-order valence-corrected chi connectivity index (χ0v) is 13.9. The van der Waals surface area contributed by atoms with Crippen molar-refractivity contribution in [3.05, 3.63) is 35.9 Å². The summed E-state index contributed by atoms with van der Waals surface area (Å²) in [6.45, 7) is 2.36. The molecule has 2 rings (SSSR count). The van der Waals surface area contributed by atoms with Gasteiger partial charge < -0.3 is 10.1 Å². The summed E-state index contributed by atoms with van der Waals surface area (Å²) in [5.41, 5.74) is 1.49. The minimum atomic E-state index is 0.0535. The lowest BCUT2D eigenvalue weighted by Gasteiger charge is -2.44. The smallest absolute Gasteiger partial charge is 0.0831 e. The topological polar surface area (TPSA) is 21.3 Å². The van der Waals surface area contributed by atoms with Crippen LogP contribution in [0.3, 0.4) is 0 Å². The molecule has 2 heteroatoms. The first-order valence-corrected chi connectivity index (χ1v) is 8.46. The molecule has 118 valence electrons. The fraction of sp³-hybridized carbons (Fsp3) is 0.684. The van der Waals surface area contributed by atoms with Gasteiger partial charge in [0.05, 0.1) is 5.60 Å². The summed E-state index contributed by atoms with van der Waals surface area (Å²) in [6.07, 6.45) is 8.55. The van der Waals surface area contributed by atoms with E-state index in [0.29, 0.717) is 6.04 Å². The highest BCUT2D eigenvalue weighted by Gasteiger charge is 2.40. The van der Waals surface area contributed by atoms with Crippen LogP contribution in [0.1, 0.15) is 51.0 Å². The Morgan fingerprint density at radius 3 is 2.48 bits per heavy atom. The Kier molecular flexibility index (Phi) is 6.25. The van der Waals surface area contributed by atoms with Gasteiger partial charge in [-0.2, -0.15) is 0 Å². The average Bonchev–Trinajstić information content (AvgIpc) is 2.54. The van der Waals surface area contributed by atoms with E-state index in [2.05, 4.69) is 49.6 Å². The molecule has 0 aromatic heterocycles. The molecule has 0 spiro atoms. The second-order valence-corrected chi connectivity index (χ2v) is 6.67. The highest BCUT2D eigenvalue weighted by Crippen LogP contribution is 2.38. The van der Waals surface area contributed by atoms with E-state index in [-0.39, 0.29) is 5.60 Å². The number of aryl methyl sites for hydroxylation is 1. The first kappa shape index (κ1) is 16.5. The summed E-state index contributed by atoms with van der Waals surface area (Å²) in [5, 5.41) is 3.54. The van der Waals surface area contributed by atoms with Crippen LogP contribution in [0.2, 0.25) is 0 Å². The SMILES string of the molecule is CNC(CCCc1ccccc1)C1(OC)CCC(C)CC1. The van der Waals surface area contributed by atoms with E-state index in [1.807, 2.05) is 7.11 Å². The molecule has 1 aromatic carbocycles. The van der Waals surface area contributed by atoms with Crippen molar-refractivity contribution in [3.8, 4) is 0 Å². The summed E-state index contributed by atoms with van der Waals surface area (Å²) in [7, 11) is 3.99. The van der Waals surface area contributed by atoms with Crippen LogP contribution in [0, 0.1) is 5.92 Å². The summed E-state index contributed by atoms with van der Waals surface area (Å²) in [4.78, 5) is 0. The van der Waals surface area contributed by atoms with Gasteiger partial charge in [0.15, 0.2) is 0 Å². The van der Waals surface area contributed by atoms with Crippen molar-refractivity contribution in [2.45, 2.75) is 63.5 Å². The highest BCUT2D eigenvalue weighted by molar-refractivity contribution is 5.14. The predicted molar refractivity (Wildman–Crippen MR) is 89.6 cm³/mol. The Hall–Kier alpha value is -0.860. The molecule has 1 aliphatic rings. The number of hydrogen-bond acceptors (Lipinski definition) is 2. The maximum atomic E-state index is 6.02. The number of hydrogen-bond donors (Lipinski definition) is 1. The largest absolute Gasteiger partial charge is 0.377 e. The number of benzene rings is 1. The monoisotopic (exact) mass is 289 g/mol. The van der Waals surface area contributed by atoms with Crippen molar-refractivity contribution in [1.82, 2.24) is 5.32 Å². The molecule has 0 radical (unpaired) electrons. The van der Waals surface area contributed by atoms with E-state index in [1.54, 1.807) is 0 Å². The van der Waals surface area contributed by atoms with Gasteiger partial charge in [0, 0.05) is 13.2 Å². The van der Waals surface area contributed by atoms with Crippen LogP contribution in [-0.4, -0.2) is 25.8 Å². The molecule has 0 heterocycles. The average molecular weight is 289 g/mol. The Labute approximate surface area is 130 Å². The van der Waals surface area contributed by atoms with Gasteiger partial charge in [-0.05, 0) is 63.5 Å². The van der Waals surface area contributed by atoms with E-state index in [4.69, 9.17) is 4.74 Å². The van der Waals surface area contributed by atoms with Gasteiger partial charge in [0.1, 0.15) is 0 Å². The number of likely N-dealkylation sites (N-methyl/N-ethyl adjacent to an activating group) is 1. The van der Waals surface area contributed by atoms with E-state index in [1.165, 1.54) is 44.1 Å². The predicted octanol–water partition coefficient (Wildman–Crippen LogP) is 4.19. The summed E-state index contributed by atoms with van der Waals surface area (Å²) in [6, 6.07) is 11.3. The van der Waals surface area contributed by atoms with Crippen LogP contribution in [0.5, 0.6) is 0 Å². The van der Waals surface area contributed by atoms with Gasteiger partial charge in [0.25, 0.3) is 0 Å². The van der Waals surface area contributed by atoms with Crippen LogP contribution < -0.4 is 5.32 Å². The first-order chi connectivity index (χ1) is 10.2. The maximum absolute atomic E-state index is 6.02. The van der Waals surface area contributed by atoms with E-state index >= 15 is 0 Å². The van der Waals surface area contributed by atoms with E-state index in [0.717, 1.165) is 12.3 Å². The first-order valence-electron chi connectivity index (χ1n) is 8.46. The molecule has 1 N–H and O–H groups in total. The summed E-state index contributed by atoms with van der Waals surface area (Å²) in [5.74, 6) is 0.857. The number of methoxy groups -OCH3 is 1. The minimum absolute atomic E-state index is 0.0535. The molecule has 21 heavy (non-hydrogen) atoms. The van der Waals surface area contributed by atoms with Crippen molar-refractivity contribution in [2.75, 3.05) is 14.2 Å². The molecule has 0 saturated heterocycles. The van der Waals surface area contributed by atoms with Crippen molar-refractivity contribution >= 4 is 0 Å². The molecule has 1 unspecified atom stereocenters. The second-order valence-electron chi connectivity index (χ2n) is 6.67. The van der Waals surface area contributed by atoms with Crippen molar-refractivity contribution in [3.63, 3.8) is 0 Å². The summed E-state index contributed by atoms with van der Waals surface area (Å²) >= 11 is 0. The van der Waals surface area contributed by atoms with Crippen molar-refractivity contribution in [2.24, 2.45) is 5.92 Å². The molecule has 1 fully saturated rings. The second kappa shape index (κ2) is 7.95. The van der Waals surface area contributed by atoms with Gasteiger partial charge in [-0.25, -0.2) is 0 Å². The van der Waals surface area contributed by atoms with Crippen LogP contribution in [0.4, 0.5) is 0 Å². The number of rotatable bonds is 7. The van der Waals surface area contributed by atoms with Gasteiger partial charge >= 0.3 is 0 Å². The molecule has 1 aliphatic carbocycles. The Morgan fingerprint density at radius 2 is 1.90 bits per heavy atom. The quantitative estimate of drug-likeness (QED) is 0.812. The number of nitrogens with one attached hydrogen (secondary N) is 1. The lowest BCUT2D eigenvalue weighted by atomic mass is 9.74. The fourth-order valence-electron chi connectivity index (χ4n) is 3.77. The summed E-state index contributed by atoms with van der Waals surface area (Å²) < 4.78 is 6.02. The molecule has 0 bridgehead atoms. The molecule has 1 aromatic rings. The van der Waals surface area contributed by atoms with Crippen LogP contribution in [0.25, 0.3) is 0 Å². The minimum Gasteiger partial charge on any atom is -0.377 e. The third-order valence-electron chi connectivity index (χ3n) is 5.31. The molecular formula is C19H31NO. The normalized spacial score (nSPS) is 27.5. The van der Waals surface area contributed by atoms with E-state index < -0.39 is 0 Å². The zero-order chi connectivity index (χ0) is 15.1. The number of ether oxygens (including phenoxy) is 1. The highest BCUT2D eigenvalue weighted by atomic mass is 16.5. The lowest BCUT2D eigenvalue weighted by molar-refractivity contribution is -0.0752. The van der Waals surface area contributed by atoms with Gasteiger partial charge in [0.2, 0.25) is 0 Å². The Bertz CT molecular complexity index is 395. The van der Waals surface area contributed by atoms with Crippen molar-refractivity contribution < 1.29 is 4.74 Å². The fourth-order valence-corrected chi connectivity index (χ4v) is 3.77.